The molecule has 1 aromatic carbocycles. The van der Waals surface area contributed by atoms with Gasteiger partial charge in [0.05, 0.1) is 19.8 Å². The van der Waals surface area contributed by atoms with Gasteiger partial charge in [-0.2, -0.15) is 0 Å². The molecule has 2 aliphatic rings. The molecule has 2 heterocycles. The van der Waals surface area contributed by atoms with Crippen LogP contribution in [0, 0.1) is 11.8 Å². The molecule has 2 unspecified atom stereocenters. The zero-order chi connectivity index (χ0) is 18.4. The number of ether oxygens (including phenoxy) is 1. The molecule has 0 saturated carbocycles. The van der Waals surface area contributed by atoms with Crippen molar-refractivity contribution in [1.82, 2.24) is 10.2 Å². The maximum absolute atomic E-state index is 5.50. The third kappa shape index (κ3) is 4.91. The Morgan fingerprint density at radius 3 is 2.54 bits per heavy atom. The molecule has 5 heteroatoms. The lowest BCUT2D eigenvalue weighted by Gasteiger charge is -2.37. The summed E-state index contributed by atoms with van der Waals surface area (Å²) in [7, 11) is 0. The van der Waals surface area contributed by atoms with E-state index in [0.29, 0.717) is 0 Å². The van der Waals surface area contributed by atoms with Crippen molar-refractivity contribution < 1.29 is 4.74 Å². The number of piperidine rings is 1. The summed E-state index contributed by atoms with van der Waals surface area (Å²) in [5.74, 6) is 2.51. The molecule has 1 aromatic rings. The van der Waals surface area contributed by atoms with Gasteiger partial charge in [-0.1, -0.05) is 32.0 Å². The molecule has 0 bridgehead atoms. The minimum absolute atomic E-state index is 0.717. The molecule has 5 nitrogen and oxygen atoms in total. The quantitative estimate of drug-likeness (QED) is 0.664. The molecule has 0 spiro atoms. The van der Waals surface area contributed by atoms with Crippen molar-refractivity contribution in [3.05, 3.63) is 29.8 Å². The highest BCUT2D eigenvalue weighted by Crippen LogP contribution is 2.24. The monoisotopic (exact) mass is 358 g/mol. The third-order valence-corrected chi connectivity index (χ3v) is 5.25. The first-order chi connectivity index (χ1) is 12.7. The summed E-state index contributed by atoms with van der Waals surface area (Å²) in [4.78, 5) is 9.87. The van der Waals surface area contributed by atoms with Crippen molar-refractivity contribution >= 4 is 11.6 Å². The van der Waals surface area contributed by atoms with Gasteiger partial charge in [-0.05, 0) is 36.8 Å². The van der Waals surface area contributed by atoms with Gasteiger partial charge in [0.25, 0.3) is 0 Å². The van der Waals surface area contributed by atoms with E-state index in [2.05, 4.69) is 60.2 Å². The Morgan fingerprint density at radius 1 is 1.15 bits per heavy atom. The maximum atomic E-state index is 5.50. The van der Waals surface area contributed by atoms with Gasteiger partial charge in [0, 0.05) is 38.4 Å². The van der Waals surface area contributed by atoms with E-state index in [0.717, 1.165) is 70.3 Å². The second-order valence-corrected chi connectivity index (χ2v) is 7.75. The van der Waals surface area contributed by atoms with Crippen molar-refractivity contribution in [1.29, 1.82) is 0 Å². The standard InChI is InChI=1S/C21H34N4O/c1-4-22-21(25-15-17(2)13-18(3)16-25)23-14-19-7-5-6-8-20(19)24-9-11-26-12-10-24/h5-8,17-18H,4,9-16H2,1-3H3,(H,22,23). The highest BCUT2D eigenvalue weighted by atomic mass is 16.5. The summed E-state index contributed by atoms with van der Waals surface area (Å²) in [5.41, 5.74) is 2.60. The highest BCUT2D eigenvalue weighted by Gasteiger charge is 2.24. The summed E-state index contributed by atoms with van der Waals surface area (Å²) < 4.78 is 5.50. The molecule has 0 amide bonds. The van der Waals surface area contributed by atoms with Crippen molar-refractivity contribution in [2.24, 2.45) is 16.8 Å². The van der Waals surface area contributed by atoms with Crippen LogP contribution in [-0.4, -0.2) is 56.8 Å². The van der Waals surface area contributed by atoms with Gasteiger partial charge in [0.2, 0.25) is 0 Å². The van der Waals surface area contributed by atoms with Crippen LogP contribution in [0.4, 0.5) is 5.69 Å². The molecule has 2 fully saturated rings. The molecule has 0 aromatic heterocycles. The van der Waals surface area contributed by atoms with E-state index in [4.69, 9.17) is 9.73 Å². The number of nitrogens with zero attached hydrogens (tertiary/aromatic N) is 3. The number of hydrogen-bond donors (Lipinski definition) is 1. The third-order valence-electron chi connectivity index (χ3n) is 5.25. The zero-order valence-electron chi connectivity index (χ0n) is 16.6. The van der Waals surface area contributed by atoms with E-state index < -0.39 is 0 Å². The Hall–Kier alpha value is -1.75. The first kappa shape index (κ1) is 19.0. The van der Waals surface area contributed by atoms with Crippen molar-refractivity contribution in [3.63, 3.8) is 0 Å². The summed E-state index contributed by atoms with van der Waals surface area (Å²) in [6.07, 6.45) is 1.32. The maximum Gasteiger partial charge on any atom is 0.194 e. The lowest BCUT2D eigenvalue weighted by molar-refractivity contribution is 0.122. The van der Waals surface area contributed by atoms with Gasteiger partial charge in [-0.3, -0.25) is 0 Å². The SMILES string of the molecule is CCNC(=NCc1ccccc1N1CCOCC1)N1CC(C)CC(C)C1. The van der Waals surface area contributed by atoms with E-state index in [-0.39, 0.29) is 0 Å². The fraction of sp³-hybridized carbons (Fsp3) is 0.667. The number of morpholine rings is 1. The van der Waals surface area contributed by atoms with Gasteiger partial charge in [-0.25, -0.2) is 4.99 Å². The fourth-order valence-electron chi connectivity index (χ4n) is 4.18. The number of hydrogen-bond acceptors (Lipinski definition) is 3. The van der Waals surface area contributed by atoms with E-state index in [1.165, 1.54) is 17.7 Å². The average molecular weight is 359 g/mol. The molecule has 2 aliphatic heterocycles. The number of rotatable bonds is 4. The van der Waals surface area contributed by atoms with E-state index in [1.807, 2.05) is 0 Å². The molecular formula is C21H34N4O. The second kappa shape index (κ2) is 9.26. The summed E-state index contributed by atoms with van der Waals surface area (Å²) in [6.45, 7) is 14.2. The normalized spacial score (nSPS) is 24.7. The first-order valence-electron chi connectivity index (χ1n) is 10.1. The van der Waals surface area contributed by atoms with Crippen LogP contribution < -0.4 is 10.2 Å². The second-order valence-electron chi connectivity index (χ2n) is 7.75. The predicted molar refractivity (Wildman–Crippen MR) is 109 cm³/mol. The molecule has 0 radical (unpaired) electrons. The number of likely N-dealkylation sites (tertiary alicyclic amines) is 1. The Balaban J connectivity index is 1.75. The van der Waals surface area contributed by atoms with E-state index >= 15 is 0 Å². The summed E-state index contributed by atoms with van der Waals surface area (Å²) in [5, 5.41) is 3.51. The van der Waals surface area contributed by atoms with E-state index in [1.54, 1.807) is 0 Å². The lowest BCUT2D eigenvalue weighted by Crippen LogP contribution is -2.48. The Morgan fingerprint density at radius 2 is 1.85 bits per heavy atom. The Labute approximate surface area is 158 Å². The van der Waals surface area contributed by atoms with Crippen LogP contribution >= 0.6 is 0 Å². The molecule has 2 atom stereocenters. The van der Waals surface area contributed by atoms with Crippen LogP contribution in [0.2, 0.25) is 0 Å². The number of guanidine groups is 1. The number of anilines is 1. The van der Waals surface area contributed by atoms with Crippen molar-refractivity contribution in [2.45, 2.75) is 33.7 Å². The molecule has 0 aliphatic carbocycles. The molecule has 2 saturated heterocycles. The van der Waals surface area contributed by atoms with Gasteiger partial charge in [0.1, 0.15) is 0 Å². The van der Waals surface area contributed by atoms with Gasteiger partial charge < -0.3 is 19.9 Å². The number of benzene rings is 1. The van der Waals surface area contributed by atoms with Crippen molar-refractivity contribution in [3.8, 4) is 0 Å². The smallest absolute Gasteiger partial charge is 0.194 e. The molecule has 3 rings (SSSR count). The zero-order valence-corrected chi connectivity index (χ0v) is 16.6. The highest BCUT2D eigenvalue weighted by molar-refractivity contribution is 5.80. The van der Waals surface area contributed by atoms with Crippen LogP contribution in [0.1, 0.15) is 32.8 Å². The Bertz CT molecular complexity index is 587. The van der Waals surface area contributed by atoms with Crippen LogP contribution in [0.3, 0.4) is 0 Å². The molecule has 1 N–H and O–H groups in total. The number of nitrogens with one attached hydrogen (secondary N) is 1. The first-order valence-corrected chi connectivity index (χ1v) is 10.1. The summed E-state index contributed by atoms with van der Waals surface area (Å²) in [6, 6.07) is 8.66. The Kier molecular flexibility index (Phi) is 6.78. The fourth-order valence-corrected chi connectivity index (χ4v) is 4.18. The predicted octanol–water partition coefficient (Wildman–Crippen LogP) is 2.97. The number of para-hydroxylation sites is 1. The lowest BCUT2D eigenvalue weighted by atomic mass is 9.92. The van der Waals surface area contributed by atoms with Crippen LogP contribution in [0.25, 0.3) is 0 Å². The van der Waals surface area contributed by atoms with Crippen molar-refractivity contribution in [2.75, 3.05) is 50.8 Å². The van der Waals surface area contributed by atoms with Crippen LogP contribution in [0.5, 0.6) is 0 Å². The molecule has 144 valence electrons. The van der Waals surface area contributed by atoms with Crippen LogP contribution in [0.15, 0.2) is 29.3 Å². The van der Waals surface area contributed by atoms with Gasteiger partial charge in [-0.15, -0.1) is 0 Å². The average Bonchev–Trinajstić information content (AvgIpc) is 2.65. The minimum Gasteiger partial charge on any atom is -0.378 e. The van der Waals surface area contributed by atoms with Gasteiger partial charge in [0.15, 0.2) is 5.96 Å². The van der Waals surface area contributed by atoms with Crippen LogP contribution in [-0.2, 0) is 11.3 Å². The van der Waals surface area contributed by atoms with Gasteiger partial charge >= 0.3 is 0 Å². The topological polar surface area (TPSA) is 40.1 Å². The number of aliphatic imine (C=N–C) groups is 1. The largest absolute Gasteiger partial charge is 0.378 e. The summed E-state index contributed by atoms with van der Waals surface area (Å²) >= 11 is 0. The minimum atomic E-state index is 0.717. The van der Waals surface area contributed by atoms with E-state index in [9.17, 15) is 0 Å². The molecular weight excluding hydrogens is 324 g/mol. The molecule has 26 heavy (non-hydrogen) atoms.